The number of carbonyl (C=O) groups excluding carboxylic acids is 1. The zero-order chi connectivity index (χ0) is 13.7. The Labute approximate surface area is 102 Å². The number of halogens is 2. The van der Waals surface area contributed by atoms with E-state index in [9.17, 15) is 13.6 Å². The largest absolute Gasteiger partial charge is 0.462 e. The van der Waals surface area contributed by atoms with E-state index in [1.165, 1.54) is 0 Å². The topological polar surface area (TPSA) is 70.3 Å². The summed E-state index contributed by atoms with van der Waals surface area (Å²) >= 11 is 0. The van der Waals surface area contributed by atoms with E-state index in [-0.39, 0.29) is 23.3 Å². The van der Waals surface area contributed by atoms with Crippen LogP contribution < -0.4 is 0 Å². The number of ether oxygens (including phenoxy) is 1. The molecule has 0 atom stereocenters. The molecule has 0 aliphatic rings. The number of aliphatic hydroxyl groups is 1. The lowest BCUT2D eigenvalue weighted by Gasteiger charge is -2.11. The molecule has 0 aliphatic carbocycles. The second-order valence-corrected chi connectivity index (χ2v) is 3.39. The van der Waals surface area contributed by atoms with E-state index in [1.807, 2.05) is 0 Å². The van der Waals surface area contributed by atoms with Crippen LogP contribution in [0.2, 0.25) is 0 Å². The summed E-state index contributed by atoms with van der Waals surface area (Å²) < 4.78 is 29.9. The van der Waals surface area contributed by atoms with E-state index >= 15 is 0 Å². The maximum absolute atomic E-state index is 12.6. The molecule has 6 heteroatoms. The standard InChI is InChI=1S/C12H11F2NO3/c1-2-18-12(17)9-4-7(11(13)14)3-8(5-15)10(9)6-16/h3-4,11,16H,2,6H2,1H3. The molecular formula is C12H11F2NO3. The highest BCUT2D eigenvalue weighted by atomic mass is 19.3. The van der Waals surface area contributed by atoms with Crippen molar-refractivity contribution in [2.75, 3.05) is 6.61 Å². The van der Waals surface area contributed by atoms with E-state index in [0.717, 1.165) is 12.1 Å². The van der Waals surface area contributed by atoms with Crippen molar-refractivity contribution >= 4 is 5.97 Å². The average Bonchev–Trinajstić information content (AvgIpc) is 2.37. The second kappa shape index (κ2) is 6.07. The normalized spacial score (nSPS) is 10.2. The van der Waals surface area contributed by atoms with Crippen LogP contribution in [0.3, 0.4) is 0 Å². The highest BCUT2D eigenvalue weighted by Gasteiger charge is 2.20. The van der Waals surface area contributed by atoms with E-state index in [2.05, 4.69) is 0 Å². The number of carbonyl (C=O) groups is 1. The van der Waals surface area contributed by atoms with Gasteiger partial charge in [0.1, 0.15) is 0 Å². The zero-order valence-corrected chi connectivity index (χ0v) is 9.61. The summed E-state index contributed by atoms with van der Waals surface area (Å²) in [6.07, 6.45) is -2.81. The Balaban J connectivity index is 3.41. The van der Waals surface area contributed by atoms with Crippen molar-refractivity contribution in [1.82, 2.24) is 0 Å². The molecule has 96 valence electrons. The van der Waals surface area contributed by atoms with Crippen molar-refractivity contribution < 1.29 is 23.4 Å². The van der Waals surface area contributed by atoms with Crippen LogP contribution in [-0.4, -0.2) is 17.7 Å². The number of nitriles is 1. The van der Waals surface area contributed by atoms with Crippen LogP contribution in [-0.2, 0) is 11.3 Å². The predicted octanol–water partition coefficient (Wildman–Crippen LogP) is 2.16. The number of aliphatic hydroxyl groups excluding tert-OH is 1. The van der Waals surface area contributed by atoms with Gasteiger partial charge < -0.3 is 9.84 Å². The molecule has 0 amide bonds. The molecule has 0 aliphatic heterocycles. The lowest BCUT2D eigenvalue weighted by atomic mass is 9.98. The molecule has 0 aromatic heterocycles. The Morgan fingerprint density at radius 1 is 1.56 bits per heavy atom. The fraction of sp³-hybridized carbons (Fsp3) is 0.333. The van der Waals surface area contributed by atoms with Crippen molar-refractivity contribution in [2.45, 2.75) is 20.0 Å². The molecule has 0 radical (unpaired) electrons. The van der Waals surface area contributed by atoms with E-state index in [0.29, 0.717) is 0 Å². The molecule has 4 nitrogen and oxygen atoms in total. The minimum atomic E-state index is -2.81. The first-order valence-corrected chi connectivity index (χ1v) is 5.18. The molecule has 18 heavy (non-hydrogen) atoms. The van der Waals surface area contributed by atoms with E-state index < -0.39 is 24.6 Å². The first-order valence-electron chi connectivity index (χ1n) is 5.18. The van der Waals surface area contributed by atoms with Crippen LogP contribution in [0.5, 0.6) is 0 Å². The average molecular weight is 255 g/mol. The van der Waals surface area contributed by atoms with Gasteiger partial charge in [-0.25, -0.2) is 13.6 Å². The molecular weight excluding hydrogens is 244 g/mol. The van der Waals surface area contributed by atoms with Crippen molar-refractivity contribution in [1.29, 1.82) is 5.26 Å². The molecule has 0 unspecified atom stereocenters. The lowest BCUT2D eigenvalue weighted by Crippen LogP contribution is -2.11. The van der Waals surface area contributed by atoms with Crippen molar-refractivity contribution in [3.05, 3.63) is 34.4 Å². The van der Waals surface area contributed by atoms with Crippen molar-refractivity contribution in [3.8, 4) is 6.07 Å². The van der Waals surface area contributed by atoms with Gasteiger partial charge >= 0.3 is 5.97 Å². The third-order valence-electron chi connectivity index (χ3n) is 2.30. The van der Waals surface area contributed by atoms with Gasteiger partial charge in [0.25, 0.3) is 6.43 Å². The van der Waals surface area contributed by atoms with E-state index in [4.69, 9.17) is 15.1 Å². The molecule has 1 rings (SSSR count). The maximum Gasteiger partial charge on any atom is 0.338 e. The molecule has 0 fully saturated rings. The van der Waals surface area contributed by atoms with Gasteiger partial charge in [0.2, 0.25) is 0 Å². The van der Waals surface area contributed by atoms with Crippen LogP contribution in [0.1, 0.15) is 40.4 Å². The molecule has 1 N–H and O–H groups in total. The third-order valence-corrected chi connectivity index (χ3v) is 2.30. The number of hydrogen-bond donors (Lipinski definition) is 1. The fourth-order valence-corrected chi connectivity index (χ4v) is 1.48. The summed E-state index contributed by atoms with van der Waals surface area (Å²) in [6.45, 7) is 1.05. The Bertz CT molecular complexity index is 495. The zero-order valence-electron chi connectivity index (χ0n) is 9.61. The van der Waals surface area contributed by atoms with Gasteiger partial charge in [0.15, 0.2) is 0 Å². The third kappa shape index (κ3) is 2.81. The Morgan fingerprint density at radius 2 is 2.22 bits per heavy atom. The SMILES string of the molecule is CCOC(=O)c1cc(C(F)F)cc(C#N)c1CO. The summed E-state index contributed by atoms with van der Waals surface area (Å²) in [5.41, 5.74) is -0.806. The number of nitrogens with zero attached hydrogens (tertiary/aromatic N) is 1. The van der Waals surface area contributed by atoms with Crippen molar-refractivity contribution in [3.63, 3.8) is 0 Å². The smallest absolute Gasteiger partial charge is 0.338 e. The minimum absolute atomic E-state index is 0.000324. The highest BCUT2D eigenvalue weighted by Crippen LogP contribution is 2.25. The summed E-state index contributed by atoms with van der Waals surface area (Å²) in [5.74, 6) is -0.833. The number of rotatable bonds is 4. The van der Waals surface area contributed by atoms with Gasteiger partial charge in [0.05, 0.1) is 30.4 Å². The summed E-state index contributed by atoms with van der Waals surface area (Å²) in [6, 6.07) is 3.57. The van der Waals surface area contributed by atoms with Crippen molar-refractivity contribution in [2.24, 2.45) is 0 Å². The Morgan fingerprint density at radius 3 is 2.67 bits per heavy atom. The highest BCUT2D eigenvalue weighted by molar-refractivity contribution is 5.92. The second-order valence-electron chi connectivity index (χ2n) is 3.39. The van der Waals surface area contributed by atoms with Crippen LogP contribution in [0.25, 0.3) is 0 Å². The van der Waals surface area contributed by atoms with Crippen LogP contribution in [0.4, 0.5) is 8.78 Å². The number of alkyl halides is 2. The number of benzene rings is 1. The van der Waals surface area contributed by atoms with Gasteiger partial charge in [-0.3, -0.25) is 0 Å². The Hall–Kier alpha value is -2.00. The maximum atomic E-state index is 12.6. The fourth-order valence-electron chi connectivity index (χ4n) is 1.48. The predicted molar refractivity (Wildman–Crippen MR) is 58.0 cm³/mol. The van der Waals surface area contributed by atoms with Crippen LogP contribution >= 0.6 is 0 Å². The lowest BCUT2D eigenvalue weighted by molar-refractivity contribution is 0.0522. The van der Waals surface area contributed by atoms with Gasteiger partial charge in [-0.15, -0.1) is 0 Å². The monoisotopic (exact) mass is 255 g/mol. The number of esters is 1. The molecule has 0 heterocycles. The molecule has 0 saturated heterocycles. The summed E-state index contributed by atoms with van der Waals surface area (Å²) in [5, 5.41) is 18.0. The quantitative estimate of drug-likeness (QED) is 0.837. The van der Waals surface area contributed by atoms with Crippen LogP contribution in [0.15, 0.2) is 12.1 Å². The molecule has 0 bridgehead atoms. The molecule has 0 saturated carbocycles. The Kier molecular flexibility index (Phi) is 4.75. The number of hydrogen-bond acceptors (Lipinski definition) is 4. The molecule has 0 spiro atoms. The summed E-state index contributed by atoms with van der Waals surface area (Å²) in [4.78, 5) is 11.6. The van der Waals surface area contributed by atoms with E-state index in [1.54, 1.807) is 13.0 Å². The van der Waals surface area contributed by atoms with Crippen LogP contribution in [0, 0.1) is 11.3 Å². The first-order chi connectivity index (χ1) is 8.54. The summed E-state index contributed by atoms with van der Waals surface area (Å²) in [7, 11) is 0. The van der Waals surface area contributed by atoms with Gasteiger partial charge in [-0.1, -0.05) is 0 Å². The molecule has 1 aromatic carbocycles. The van der Waals surface area contributed by atoms with Gasteiger partial charge in [-0.05, 0) is 19.1 Å². The minimum Gasteiger partial charge on any atom is -0.462 e. The van der Waals surface area contributed by atoms with Gasteiger partial charge in [-0.2, -0.15) is 5.26 Å². The molecule has 1 aromatic rings. The van der Waals surface area contributed by atoms with Gasteiger partial charge in [0, 0.05) is 11.1 Å². The first kappa shape index (κ1) is 14.1.